The van der Waals surface area contributed by atoms with Gasteiger partial charge in [-0.3, -0.25) is 4.98 Å². The number of hydrogen-bond acceptors (Lipinski definition) is 3. The van der Waals surface area contributed by atoms with Crippen molar-refractivity contribution in [2.24, 2.45) is 17.8 Å². The molecule has 2 aliphatic carbocycles. The normalized spacial score (nSPS) is 18.1. The molecule has 1 saturated carbocycles. The number of rotatable bonds is 4. The molecule has 3 unspecified atom stereocenters. The third-order valence-electron chi connectivity index (χ3n) is 11.3. The Morgan fingerprint density at radius 1 is 0.549 bits per heavy atom. The standard InChI is InChI=1S/C47H32N4/c1-28-33-23-20-30(24-41(28)33)45-36-13-5-7-15-38(36)46(39-16-8-6-14-37(39)45)42-25-44-47(40-17-9-4-12-35(40)42)50-51(49-44)32-21-18-29(19-22-32)43-27-48-26-31-10-2-3-11-34(31)43/h2-28,33,41H,1H3. The molecule has 1 fully saturated rings. The van der Waals surface area contributed by atoms with E-state index in [-0.39, 0.29) is 0 Å². The van der Waals surface area contributed by atoms with E-state index in [0.29, 0.717) is 11.8 Å². The van der Waals surface area contributed by atoms with Crippen molar-refractivity contribution in [1.29, 1.82) is 0 Å². The Bertz CT molecular complexity index is 2890. The van der Waals surface area contributed by atoms with Gasteiger partial charge in [-0.25, -0.2) is 0 Å². The number of benzene rings is 7. The number of pyridine rings is 1. The van der Waals surface area contributed by atoms with Crippen LogP contribution in [0, 0.1) is 17.8 Å². The Kier molecular flexibility index (Phi) is 6.03. The molecule has 0 N–H and O–H groups in total. The largest absolute Gasteiger partial charge is 0.263 e. The van der Waals surface area contributed by atoms with E-state index in [2.05, 4.69) is 158 Å². The van der Waals surface area contributed by atoms with Crippen molar-refractivity contribution in [3.05, 3.63) is 164 Å². The second-order valence-corrected chi connectivity index (χ2v) is 14.1. The van der Waals surface area contributed by atoms with E-state index >= 15 is 0 Å². The van der Waals surface area contributed by atoms with Gasteiger partial charge >= 0.3 is 0 Å². The highest BCUT2D eigenvalue weighted by Gasteiger charge is 2.44. The van der Waals surface area contributed by atoms with Gasteiger partial charge in [0.15, 0.2) is 0 Å². The Hall–Kier alpha value is -6.39. The number of allylic oxidation sites excluding steroid dienone is 4. The smallest absolute Gasteiger partial charge is 0.121 e. The lowest BCUT2D eigenvalue weighted by molar-refractivity contribution is 0.766. The molecule has 3 atom stereocenters. The molecule has 9 aromatic rings. The first-order valence-electron chi connectivity index (χ1n) is 17.8. The average molecular weight is 653 g/mol. The maximum Gasteiger partial charge on any atom is 0.121 e. The summed E-state index contributed by atoms with van der Waals surface area (Å²) in [5.41, 5.74) is 9.98. The molecule has 2 aliphatic rings. The average Bonchev–Trinajstić information content (AvgIpc) is 3.62. The molecule has 2 aromatic heterocycles. The van der Waals surface area contributed by atoms with Gasteiger partial charge in [-0.15, -0.1) is 10.2 Å². The Morgan fingerprint density at radius 3 is 1.88 bits per heavy atom. The minimum atomic E-state index is 0.641. The number of aromatic nitrogens is 4. The van der Waals surface area contributed by atoms with Gasteiger partial charge in [0.2, 0.25) is 0 Å². The van der Waals surface area contributed by atoms with Crippen molar-refractivity contribution in [2.75, 3.05) is 0 Å². The zero-order chi connectivity index (χ0) is 33.6. The van der Waals surface area contributed by atoms with Crippen molar-refractivity contribution >= 4 is 59.7 Å². The Morgan fingerprint density at radius 2 is 1.18 bits per heavy atom. The first kappa shape index (κ1) is 28.4. The molecular formula is C47H32N4. The van der Waals surface area contributed by atoms with Gasteiger partial charge in [-0.05, 0) is 96.1 Å². The van der Waals surface area contributed by atoms with Crippen LogP contribution >= 0.6 is 0 Å². The molecule has 0 saturated heterocycles. The van der Waals surface area contributed by atoms with Gasteiger partial charge in [0.25, 0.3) is 0 Å². The fourth-order valence-electron chi connectivity index (χ4n) is 8.66. The quantitative estimate of drug-likeness (QED) is 0.178. The second-order valence-electron chi connectivity index (χ2n) is 14.1. The maximum absolute atomic E-state index is 5.12. The van der Waals surface area contributed by atoms with Gasteiger partial charge in [0.05, 0.1) is 5.69 Å². The van der Waals surface area contributed by atoms with Gasteiger partial charge < -0.3 is 0 Å². The van der Waals surface area contributed by atoms with Gasteiger partial charge in [-0.2, -0.15) is 4.80 Å². The van der Waals surface area contributed by atoms with Gasteiger partial charge in [0.1, 0.15) is 11.0 Å². The highest BCUT2D eigenvalue weighted by Crippen LogP contribution is 2.53. The third kappa shape index (κ3) is 4.29. The predicted molar refractivity (Wildman–Crippen MR) is 211 cm³/mol. The maximum atomic E-state index is 5.12. The molecule has 240 valence electrons. The van der Waals surface area contributed by atoms with Crippen molar-refractivity contribution in [2.45, 2.75) is 6.92 Å². The van der Waals surface area contributed by atoms with Crippen LogP contribution in [0.15, 0.2) is 158 Å². The fourth-order valence-corrected chi connectivity index (χ4v) is 8.66. The fraction of sp³-hybridized carbons (Fsp3) is 0.0851. The lowest BCUT2D eigenvalue weighted by atomic mass is 9.83. The van der Waals surface area contributed by atoms with Crippen LogP contribution in [-0.2, 0) is 0 Å². The lowest BCUT2D eigenvalue weighted by Gasteiger charge is -2.20. The summed E-state index contributed by atoms with van der Waals surface area (Å²) >= 11 is 0. The summed E-state index contributed by atoms with van der Waals surface area (Å²) in [6.07, 6.45) is 11.2. The molecule has 51 heavy (non-hydrogen) atoms. The van der Waals surface area contributed by atoms with E-state index in [1.807, 2.05) is 12.4 Å². The molecule has 2 heterocycles. The van der Waals surface area contributed by atoms with Crippen LogP contribution in [-0.4, -0.2) is 20.0 Å². The van der Waals surface area contributed by atoms with E-state index in [4.69, 9.17) is 10.2 Å². The lowest BCUT2D eigenvalue weighted by Crippen LogP contribution is -1.98. The number of nitrogens with zero attached hydrogens (tertiary/aromatic N) is 4. The van der Waals surface area contributed by atoms with E-state index < -0.39 is 0 Å². The summed E-state index contributed by atoms with van der Waals surface area (Å²) in [7, 11) is 0. The van der Waals surface area contributed by atoms with Crippen molar-refractivity contribution < 1.29 is 0 Å². The van der Waals surface area contributed by atoms with Crippen molar-refractivity contribution in [1.82, 2.24) is 20.0 Å². The SMILES string of the molecule is CC1C2C=CC(c3c4ccccc4c(-c4cc5nn(-c6ccc(-c7cncc8ccccc78)cc6)nc5c5ccccc45)c4ccccc34)=CC12. The molecule has 7 aromatic carbocycles. The molecule has 4 heteroatoms. The van der Waals surface area contributed by atoms with Crippen molar-refractivity contribution in [3.63, 3.8) is 0 Å². The van der Waals surface area contributed by atoms with Gasteiger partial charge in [-0.1, -0.05) is 134 Å². The van der Waals surface area contributed by atoms with Crippen LogP contribution < -0.4 is 0 Å². The van der Waals surface area contributed by atoms with E-state index in [1.54, 1.807) is 4.80 Å². The summed E-state index contributed by atoms with van der Waals surface area (Å²) in [6.45, 7) is 2.37. The minimum Gasteiger partial charge on any atom is -0.263 e. The van der Waals surface area contributed by atoms with Crippen LogP contribution in [0.3, 0.4) is 0 Å². The summed E-state index contributed by atoms with van der Waals surface area (Å²) in [4.78, 5) is 6.28. The second kappa shape index (κ2) is 10.8. The highest BCUT2D eigenvalue weighted by molar-refractivity contribution is 6.24. The molecular weight excluding hydrogens is 621 g/mol. The third-order valence-corrected chi connectivity index (χ3v) is 11.3. The van der Waals surface area contributed by atoms with Crippen LogP contribution in [0.2, 0.25) is 0 Å². The summed E-state index contributed by atoms with van der Waals surface area (Å²) < 4.78 is 0. The zero-order valence-corrected chi connectivity index (χ0v) is 28.0. The van der Waals surface area contributed by atoms with E-state index in [1.165, 1.54) is 54.6 Å². The summed E-state index contributed by atoms with van der Waals surface area (Å²) in [5.74, 6) is 2.06. The first-order chi connectivity index (χ1) is 25.2. The van der Waals surface area contributed by atoms with Gasteiger partial charge in [0, 0.05) is 28.7 Å². The highest BCUT2D eigenvalue weighted by atomic mass is 15.5. The number of fused-ring (bicyclic) bond motifs is 7. The zero-order valence-electron chi connectivity index (χ0n) is 28.0. The number of hydrogen-bond donors (Lipinski definition) is 0. The molecule has 0 amide bonds. The van der Waals surface area contributed by atoms with Crippen LogP contribution in [0.1, 0.15) is 12.5 Å². The monoisotopic (exact) mass is 652 g/mol. The van der Waals surface area contributed by atoms with Crippen LogP contribution in [0.25, 0.3) is 87.6 Å². The summed E-state index contributed by atoms with van der Waals surface area (Å²) in [6, 6.07) is 45.6. The minimum absolute atomic E-state index is 0.641. The van der Waals surface area contributed by atoms with Crippen LogP contribution in [0.4, 0.5) is 0 Å². The Labute approximate surface area is 295 Å². The summed E-state index contributed by atoms with van der Waals surface area (Å²) in [5, 5.41) is 19.9. The molecule has 4 nitrogen and oxygen atoms in total. The van der Waals surface area contributed by atoms with Crippen LogP contribution in [0.5, 0.6) is 0 Å². The molecule has 0 radical (unpaired) electrons. The Balaban J connectivity index is 1.10. The van der Waals surface area contributed by atoms with Crippen molar-refractivity contribution in [3.8, 4) is 27.9 Å². The van der Waals surface area contributed by atoms with E-state index in [9.17, 15) is 0 Å². The molecule has 0 aliphatic heterocycles. The molecule has 0 spiro atoms. The van der Waals surface area contributed by atoms with E-state index in [0.717, 1.165) is 44.5 Å². The predicted octanol–water partition coefficient (Wildman–Crippen LogP) is 11.6. The molecule has 0 bridgehead atoms. The topological polar surface area (TPSA) is 43.6 Å². The first-order valence-corrected chi connectivity index (χ1v) is 17.8. The molecule has 11 rings (SSSR count).